The van der Waals surface area contributed by atoms with Crippen molar-refractivity contribution in [3.63, 3.8) is 0 Å². The average molecular weight is 307 g/mol. The second-order valence-electron chi connectivity index (χ2n) is 3.65. The third kappa shape index (κ3) is 5.34. The first kappa shape index (κ1) is 15.6. The van der Waals surface area contributed by atoms with Gasteiger partial charge in [-0.15, -0.1) is 0 Å². The Hall–Kier alpha value is -1.50. The molecule has 2 amide bonds. The number of carboxylic acid groups (broad SMARTS) is 1. The Balaban J connectivity index is 2.39. The SMILES string of the molecule is O=C(NCCC(O)C(=O)O)Nc1ccc(Cl)c(Cl)c1. The number of carbonyl (C=O) groups is 2. The maximum absolute atomic E-state index is 11.4. The second-order valence-corrected chi connectivity index (χ2v) is 4.47. The lowest BCUT2D eigenvalue weighted by atomic mass is 10.2. The highest BCUT2D eigenvalue weighted by molar-refractivity contribution is 6.42. The van der Waals surface area contributed by atoms with Crippen molar-refractivity contribution in [2.24, 2.45) is 0 Å². The van der Waals surface area contributed by atoms with Crippen LogP contribution in [0.2, 0.25) is 10.0 Å². The highest BCUT2D eigenvalue weighted by Crippen LogP contribution is 2.24. The smallest absolute Gasteiger partial charge is 0.332 e. The van der Waals surface area contributed by atoms with E-state index < -0.39 is 18.1 Å². The highest BCUT2D eigenvalue weighted by Gasteiger charge is 2.12. The van der Waals surface area contributed by atoms with E-state index in [1.54, 1.807) is 6.07 Å². The van der Waals surface area contributed by atoms with Gasteiger partial charge in [-0.25, -0.2) is 9.59 Å². The van der Waals surface area contributed by atoms with E-state index in [1.807, 2.05) is 0 Å². The molecule has 0 saturated heterocycles. The zero-order valence-corrected chi connectivity index (χ0v) is 11.2. The summed E-state index contributed by atoms with van der Waals surface area (Å²) in [5.74, 6) is -1.33. The minimum absolute atomic E-state index is 0.0284. The van der Waals surface area contributed by atoms with Gasteiger partial charge in [0.1, 0.15) is 0 Å². The number of aliphatic carboxylic acids is 1. The standard InChI is InChI=1S/C11H12Cl2N2O4/c12-7-2-1-6(5-8(7)13)15-11(19)14-4-3-9(16)10(17)18/h1-2,5,9,16H,3-4H2,(H,17,18)(H2,14,15,19). The Morgan fingerprint density at radius 3 is 2.53 bits per heavy atom. The first-order valence-corrected chi connectivity index (χ1v) is 6.06. The predicted molar refractivity (Wildman–Crippen MR) is 71.7 cm³/mol. The van der Waals surface area contributed by atoms with Gasteiger partial charge in [0.25, 0.3) is 0 Å². The molecule has 1 rings (SSSR count). The number of aliphatic hydroxyl groups excluding tert-OH is 1. The highest BCUT2D eigenvalue weighted by atomic mass is 35.5. The first-order chi connectivity index (χ1) is 8.90. The Bertz CT molecular complexity index is 482. The Kier molecular flexibility index (Phi) is 5.88. The molecule has 0 radical (unpaired) electrons. The third-order valence-electron chi connectivity index (χ3n) is 2.17. The van der Waals surface area contributed by atoms with E-state index in [4.69, 9.17) is 33.4 Å². The molecule has 0 aliphatic carbocycles. The quantitative estimate of drug-likeness (QED) is 0.668. The topological polar surface area (TPSA) is 98.7 Å². The van der Waals surface area contributed by atoms with Gasteiger partial charge in [0.05, 0.1) is 10.0 Å². The van der Waals surface area contributed by atoms with E-state index in [9.17, 15) is 9.59 Å². The van der Waals surface area contributed by atoms with E-state index in [0.29, 0.717) is 15.7 Å². The number of rotatable bonds is 5. The fraction of sp³-hybridized carbons (Fsp3) is 0.273. The molecule has 0 heterocycles. The molecule has 1 aromatic rings. The summed E-state index contributed by atoms with van der Waals surface area (Å²) in [5, 5.41) is 23.0. The van der Waals surface area contributed by atoms with E-state index in [0.717, 1.165) is 0 Å². The largest absolute Gasteiger partial charge is 0.479 e. The Morgan fingerprint density at radius 2 is 1.95 bits per heavy atom. The molecule has 0 spiro atoms. The van der Waals surface area contributed by atoms with Crippen LogP contribution < -0.4 is 10.6 Å². The van der Waals surface area contributed by atoms with Crippen LogP contribution in [0.3, 0.4) is 0 Å². The summed E-state index contributed by atoms with van der Waals surface area (Å²) in [4.78, 5) is 21.8. The molecule has 4 N–H and O–H groups in total. The lowest BCUT2D eigenvalue weighted by Gasteiger charge is -2.09. The summed E-state index contributed by atoms with van der Waals surface area (Å²) in [6.45, 7) is 0.0284. The van der Waals surface area contributed by atoms with E-state index in [2.05, 4.69) is 10.6 Å². The van der Waals surface area contributed by atoms with Gasteiger partial charge in [-0.2, -0.15) is 0 Å². The van der Waals surface area contributed by atoms with Crippen LogP contribution in [0.1, 0.15) is 6.42 Å². The number of carboxylic acids is 1. The van der Waals surface area contributed by atoms with Gasteiger partial charge in [-0.1, -0.05) is 23.2 Å². The van der Waals surface area contributed by atoms with Gasteiger partial charge in [0, 0.05) is 18.7 Å². The van der Waals surface area contributed by atoms with Crippen LogP contribution in [-0.4, -0.2) is 34.9 Å². The first-order valence-electron chi connectivity index (χ1n) is 5.31. The molecule has 1 aromatic carbocycles. The number of hydrogen-bond acceptors (Lipinski definition) is 3. The fourth-order valence-corrected chi connectivity index (χ4v) is 1.49. The molecule has 19 heavy (non-hydrogen) atoms. The Labute approximate surface area is 119 Å². The summed E-state index contributed by atoms with van der Waals surface area (Å²) in [7, 11) is 0. The van der Waals surface area contributed by atoms with Gasteiger partial charge in [0.15, 0.2) is 6.10 Å². The lowest BCUT2D eigenvalue weighted by Crippen LogP contribution is -2.33. The number of amides is 2. The summed E-state index contributed by atoms with van der Waals surface area (Å²) in [5.41, 5.74) is 0.450. The maximum Gasteiger partial charge on any atom is 0.332 e. The number of hydrogen-bond donors (Lipinski definition) is 4. The van der Waals surface area contributed by atoms with Crippen molar-refractivity contribution in [2.45, 2.75) is 12.5 Å². The summed E-state index contributed by atoms with van der Waals surface area (Å²) in [6.07, 6.45) is -1.57. The zero-order valence-electron chi connectivity index (χ0n) is 9.69. The van der Waals surface area contributed by atoms with Crippen molar-refractivity contribution in [2.75, 3.05) is 11.9 Å². The normalized spacial score (nSPS) is 11.7. The summed E-state index contributed by atoms with van der Waals surface area (Å²) >= 11 is 11.5. The molecule has 0 aromatic heterocycles. The molecule has 0 fully saturated rings. The van der Waals surface area contributed by atoms with Crippen LogP contribution in [0.25, 0.3) is 0 Å². The van der Waals surface area contributed by atoms with Gasteiger partial charge in [-0.05, 0) is 18.2 Å². The number of halogens is 2. The molecule has 1 unspecified atom stereocenters. The van der Waals surface area contributed by atoms with Crippen LogP contribution in [0, 0.1) is 0 Å². The molecular weight excluding hydrogens is 295 g/mol. The van der Waals surface area contributed by atoms with Gasteiger partial charge < -0.3 is 20.8 Å². The number of nitrogens with one attached hydrogen (secondary N) is 2. The average Bonchev–Trinajstić information content (AvgIpc) is 2.33. The van der Waals surface area contributed by atoms with Crippen LogP contribution >= 0.6 is 23.2 Å². The Morgan fingerprint density at radius 1 is 1.26 bits per heavy atom. The van der Waals surface area contributed by atoms with E-state index >= 15 is 0 Å². The molecular formula is C11H12Cl2N2O4. The monoisotopic (exact) mass is 306 g/mol. The molecule has 6 nitrogen and oxygen atoms in total. The van der Waals surface area contributed by atoms with Crippen LogP contribution in [0.15, 0.2) is 18.2 Å². The zero-order chi connectivity index (χ0) is 14.4. The molecule has 8 heteroatoms. The summed E-state index contributed by atoms with van der Waals surface area (Å²) in [6, 6.07) is 4.05. The number of aliphatic hydroxyl groups is 1. The van der Waals surface area contributed by atoms with E-state index in [-0.39, 0.29) is 13.0 Å². The summed E-state index contributed by atoms with van der Waals surface area (Å²) < 4.78 is 0. The predicted octanol–water partition coefficient (Wildman–Crippen LogP) is 1.95. The fourth-order valence-electron chi connectivity index (χ4n) is 1.20. The molecule has 0 aliphatic heterocycles. The molecule has 0 aliphatic rings. The maximum atomic E-state index is 11.4. The van der Waals surface area contributed by atoms with Crippen molar-refractivity contribution in [1.29, 1.82) is 0 Å². The van der Waals surface area contributed by atoms with Crippen LogP contribution in [0.4, 0.5) is 10.5 Å². The second kappa shape index (κ2) is 7.18. The van der Waals surface area contributed by atoms with Crippen molar-refractivity contribution in [1.82, 2.24) is 5.32 Å². The molecule has 0 saturated carbocycles. The third-order valence-corrected chi connectivity index (χ3v) is 2.90. The van der Waals surface area contributed by atoms with Crippen molar-refractivity contribution in [3.05, 3.63) is 28.2 Å². The van der Waals surface area contributed by atoms with Gasteiger partial charge in [-0.3, -0.25) is 0 Å². The van der Waals surface area contributed by atoms with Crippen molar-refractivity contribution >= 4 is 40.9 Å². The number of carbonyl (C=O) groups excluding carboxylic acids is 1. The van der Waals surface area contributed by atoms with Gasteiger partial charge >= 0.3 is 12.0 Å². The number of urea groups is 1. The molecule has 104 valence electrons. The van der Waals surface area contributed by atoms with Crippen molar-refractivity contribution < 1.29 is 19.8 Å². The number of anilines is 1. The minimum atomic E-state index is -1.50. The minimum Gasteiger partial charge on any atom is -0.479 e. The van der Waals surface area contributed by atoms with Gasteiger partial charge in [0.2, 0.25) is 0 Å². The van der Waals surface area contributed by atoms with Crippen LogP contribution in [-0.2, 0) is 4.79 Å². The molecule has 1 atom stereocenters. The van der Waals surface area contributed by atoms with E-state index in [1.165, 1.54) is 12.1 Å². The lowest BCUT2D eigenvalue weighted by molar-refractivity contribution is -0.146. The van der Waals surface area contributed by atoms with Crippen molar-refractivity contribution in [3.8, 4) is 0 Å². The molecule has 0 bridgehead atoms. The number of benzene rings is 1. The van der Waals surface area contributed by atoms with Crippen LogP contribution in [0.5, 0.6) is 0 Å².